The molecule has 1 fully saturated rings. The predicted octanol–water partition coefficient (Wildman–Crippen LogP) is 5.26. The van der Waals surface area contributed by atoms with Gasteiger partial charge < -0.3 is 0 Å². The first-order valence-electron chi connectivity index (χ1n) is 11.8. The van der Waals surface area contributed by atoms with Gasteiger partial charge in [0, 0.05) is 0 Å². The standard InChI is InChI=1S/C29H30NO5P/c1-33-27(31)25-26(28(32)34-2)36(3,4)30(20-24(35-36)21-14-8-5-9-15-21)29(25,22-16-10-6-11-17-22)23-18-12-7-13-19-23/h5-19,24H,20H2,1-4H3/t24-/m0/s1. The van der Waals surface area contributed by atoms with Crippen LogP contribution in [0.1, 0.15) is 22.8 Å². The van der Waals surface area contributed by atoms with Crippen LogP contribution in [0.5, 0.6) is 0 Å². The van der Waals surface area contributed by atoms with Gasteiger partial charge in [0.15, 0.2) is 0 Å². The quantitative estimate of drug-likeness (QED) is 0.350. The number of hydrogen-bond acceptors (Lipinski definition) is 6. The Balaban J connectivity index is 1.92. The van der Waals surface area contributed by atoms with Gasteiger partial charge in [-0.3, -0.25) is 0 Å². The Kier molecular flexibility index (Phi) is 5.87. The van der Waals surface area contributed by atoms with Crippen LogP contribution < -0.4 is 0 Å². The van der Waals surface area contributed by atoms with Gasteiger partial charge in [0.05, 0.1) is 0 Å². The number of fused-ring (bicyclic) bond motifs is 1. The van der Waals surface area contributed by atoms with Crippen molar-refractivity contribution in [2.75, 3.05) is 34.1 Å². The van der Waals surface area contributed by atoms with Crippen LogP contribution in [-0.4, -0.2) is 50.7 Å². The molecule has 5 rings (SSSR count). The molecule has 0 saturated carbocycles. The molecule has 0 aromatic heterocycles. The molecule has 1 saturated heterocycles. The van der Waals surface area contributed by atoms with Crippen molar-refractivity contribution in [3.05, 3.63) is 119 Å². The molecule has 2 aliphatic heterocycles. The van der Waals surface area contributed by atoms with Crippen LogP contribution in [0.4, 0.5) is 0 Å². The molecular weight excluding hydrogens is 473 g/mol. The molecule has 0 spiro atoms. The van der Waals surface area contributed by atoms with E-state index in [2.05, 4.69) is 4.67 Å². The van der Waals surface area contributed by atoms with Crippen molar-refractivity contribution in [1.82, 2.24) is 4.67 Å². The first-order chi connectivity index (χ1) is 17.3. The third-order valence-electron chi connectivity index (χ3n) is 7.43. The molecule has 3 aromatic carbocycles. The molecule has 0 amide bonds. The number of ether oxygens (including phenoxy) is 2. The molecule has 6 nitrogen and oxygen atoms in total. The zero-order chi connectivity index (χ0) is 25.6. The molecule has 0 bridgehead atoms. The van der Waals surface area contributed by atoms with Crippen LogP contribution in [0.25, 0.3) is 0 Å². The molecule has 0 radical (unpaired) electrons. The fraction of sp³-hybridized carbons (Fsp3) is 0.241. The summed E-state index contributed by atoms with van der Waals surface area (Å²) in [7, 11) is 2.68. The van der Waals surface area contributed by atoms with E-state index in [0.29, 0.717) is 6.54 Å². The van der Waals surface area contributed by atoms with Gasteiger partial charge in [-0.1, -0.05) is 0 Å². The van der Waals surface area contributed by atoms with E-state index in [1.165, 1.54) is 14.2 Å². The normalized spacial score (nSPS) is 22.8. The summed E-state index contributed by atoms with van der Waals surface area (Å²) in [5, 5.41) is 0.265. The first kappa shape index (κ1) is 24.4. The van der Waals surface area contributed by atoms with Crippen molar-refractivity contribution < 1.29 is 23.6 Å². The summed E-state index contributed by atoms with van der Waals surface area (Å²) in [6, 6.07) is 29.6. The first-order valence-corrected chi connectivity index (χ1v) is 14.8. The van der Waals surface area contributed by atoms with E-state index < -0.39 is 24.5 Å². The summed E-state index contributed by atoms with van der Waals surface area (Å²) >= 11 is 0. The fourth-order valence-electron chi connectivity index (χ4n) is 5.98. The Hall–Kier alpha value is -3.31. The maximum absolute atomic E-state index is 13.7. The summed E-state index contributed by atoms with van der Waals surface area (Å²) in [5.74, 6) is -1.16. The molecule has 2 aliphatic rings. The third kappa shape index (κ3) is 3.29. The third-order valence-corrected chi connectivity index (χ3v) is 11.9. The summed E-state index contributed by atoms with van der Waals surface area (Å²) in [4.78, 5) is 27.4. The minimum atomic E-state index is -3.73. The van der Waals surface area contributed by atoms with Gasteiger partial charge in [-0.25, -0.2) is 0 Å². The Bertz CT molecular complexity index is 1300. The zero-order valence-electron chi connectivity index (χ0n) is 20.9. The van der Waals surface area contributed by atoms with Crippen LogP contribution in [-0.2, 0) is 29.1 Å². The van der Waals surface area contributed by atoms with E-state index in [4.69, 9.17) is 14.0 Å². The van der Waals surface area contributed by atoms with Crippen LogP contribution in [0.3, 0.4) is 0 Å². The molecule has 186 valence electrons. The van der Waals surface area contributed by atoms with E-state index in [9.17, 15) is 9.59 Å². The number of esters is 2. The molecule has 0 N–H and O–H groups in total. The molecule has 1 atom stereocenters. The van der Waals surface area contributed by atoms with Crippen molar-refractivity contribution in [2.24, 2.45) is 0 Å². The van der Waals surface area contributed by atoms with Crippen LogP contribution >= 0.6 is 6.98 Å². The Morgan fingerprint density at radius 2 is 1.28 bits per heavy atom. The molecular formula is C29H30NO5P. The number of rotatable bonds is 5. The maximum atomic E-state index is 13.7. The number of carbonyl (C=O) groups is 2. The van der Waals surface area contributed by atoms with Crippen molar-refractivity contribution in [1.29, 1.82) is 0 Å². The average molecular weight is 504 g/mol. The zero-order valence-corrected chi connectivity index (χ0v) is 21.8. The monoisotopic (exact) mass is 503 g/mol. The van der Waals surface area contributed by atoms with E-state index in [0.717, 1.165) is 16.7 Å². The average Bonchev–Trinajstić information content (AvgIpc) is 3.31. The summed E-state index contributed by atoms with van der Waals surface area (Å²) < 4.78 is 19.9. The van der Waals surface area contributed by atoms with E-state index in [-0.39, 0.29) is 17.0 Å². The Morgan fingerprint density at radius 1 is 0.806 bits per heavy atom. The summed E-state index contributed by atoms with van der Waals surface area (Å²) in [5.41, 5.74) is 1.85. The van der Waals surface area contributed by atoms with E-state index in [1.807, 2.05) is 104 Å². The second-order valence-electron chi connectivity index (χ2n) is 9.67. The second kappa shape index (κ2) is 8.67. The van der Waals surface area contributed by atoms with Gasteiger partial charge in [-0.2, -0.15) is 0 Å². The number of nitrogens with zero attached hydrogens (tertiary/aromatic N) is 1. The van der Waals surface area contributed by atoms with E-state index in [1.54, 1.807) is 0 Å². The van der Waals surface area contributed by atoms with E-state index >= 15 is 0 Å². The van der Waals surface area contributed by atoms with Gasteiger partial charge in [0.25, 0.3) is 0 Å². The molecule has 2 heterocycles. The SMILES string of the molecule is COC(=O)C1=C(C(=O)OC)P2(C)(C)O[C@H](c3ccccc3)CN2C1(c1ccccc1)c1ccccc1. The van der Waals surface area contributed by atoms with Gasteiger partial charge >= 0.3 is 211 Å². The molecule has 3 aromatic rings. The Morgan fingerprint density at radius 3 is 1.75 bits per heavy atom. The second-order valence-corrected chi connectivity index (χ2v) is 14.7. The molecule has 36 heavy (non-hydrogen) atoms. The summed E-state index contributed by atoms with van der Waals surface area (Å²) in [6.45, 7) is 0.705. The molecule has 0 unspecified atom stereocenters. The predicted molar refractivity (Wildman–Crippen MR) is 140 cm³/mol. The van der Waals surface area contributed by atoms with Gasteiger partial charge in [-0.15, -0.1) is 0 Å². The number of methoxy groups -OCH3 is 2. The van der Waals surface area contributed by atoms with Crippen LogP contribution in [0.15, 0.2) is 102 Å². The van der Waals surface area contributed by atoms with Crippen LogP contribution in [0, 0.1) is 0 Å². The molecule has 0 aliphatic carbocycles. The number of hydrogen-bond donors (Lipinski definition) is 0. The van der Waals surface area contributed by atoms with Crippen molar-refractivity contribution in [3.8, 4) is 0 Å². The van der Waals surface area contributed by atoms with Gasteiger partial charge in [0.2, 0.25) is 0 Å². The van der Waals surface area contributed by atoms with Crippen molar-refractivity contribution >= 4 is 18.9 Å². The topological polar surface area (TPSA) is 65.1 Å². The van der Waals surface area contributed by atoms with Gasteiger partial charge in [-0.05, 0) is 0 Å². The number of benzene rings is 3. The number of carbonyl (C=O) groups excluding carboxylic acids is 2. The summed E-state index contributed by atoms with van der Waals surface area (Å²) in [6.07, 6.45) is -0.301. The van der Waals surface area contributed by atoms with Crippen LogP contribution in [0.2, 0.25) is 0 Å². The fourth-order valence-corrected chi connectivity index (χ4v) is 10.7. The molecule has 7 heteroatoms. The Labute approximate surface area is 211 Å². The van der Waals surface area contributed by atoms with Gasteiger partial charge in [0.1, 0.15) is 0 Å². The van der Waals surface area contributed by atoms with Crippen molar-refractivity contribution in [2.45, 2.75) is 11.6 Å². The minimum absolute atomic E-state index is 0.253. The van der Waals surface area contributed by atoms with Crippen molar-refractivity contribution in [3.63, 3.8) is 0 Å².